The summed E-state index contributed by atoms with van der Waals surface area (Å²) in [6.07, 6.45) is -0.517. The van der Waals surface area contributed by atoms with Crippen LogP contribution in [0.25, 0.3) is 0 Å². The zero-order valence-electron chi connectivity index (χ0n) is 12.9. The molecular weight excluding hydrogens is 304 g/mol. The molecule has 1 aromatic rings. The van der Waals surface area contributed by atoms with Crippen LogP contribution in [0.1, 0.15) is 12.5 Å². The highest BCUT2D eigenvalue weighted by atomic mass is 35.5. The van der Waals surface area contributed by atoms with Crippen LogP contribution < -0.4 is 0 Å². The van der Waals surface area contributed by atoms with Gasteiger partial charge in [-0.3, -0.25) is 9.69 Å². The van der Waals surface area contributed by atoms with Crippen LogP contribution in [0.5, 0.6) is 0 Å². The third-order valence-electron chi connectivity index (χ3n) is 3.78. The van der Waals surface area contributed by atoms with Crippen molar-refractivity contribution in [1.82, 2.24) is 9.80 Å². The summed E-state index contributed by atoms with van der Waals surface area (Å²) in [4.78, 5) is 15.3. The number of rotatable bonds is 6. The van der Waals surface area contributed by atoms with E-state index >= 15 is 0 Å². The van der Waals surface area contributed by atoms with Gasteiger partial charge in [-0.05, 0) is 17.7 Å². The number of aliphatic hydroxyl groups excluding tert-OH is 1. The number of piperazine rings is 1. The summed E-state index contributed by atoms with van der Waals surface area (Å²) in [5, 5.41) is 10.7. The molecule has 6 heteroatoms. The van der Waals surface area contributed by atoms with Crippen molar-refractivity contribution in [1.29, 1.82) is 0 Å². The van der Waals surface area contributed by atoms with Crippen LogP contribution in [0.2, 0.25) is 5.02 Å². The maximum Gasteiger partial charge on any atom is 0.219 e. The second-order valence-corrected chi connectivity index (χ2v) is 6.04. The highest BCUT2D eigenvalue weighted by Gasteiger charge is 2.20. The Morgan fingerprint density at radius 2 is 1.91 bits per heavy atom. The van der Waals surface area contributed by atoms with Gasteiger partial charge in [-0.1, -0.05) is 23.7 Å². The Balaban J connectivity index is 1.63. The molecule has 0 aromatic heterocycles. The molecule has 0 saturated carbocycles. The van der Waals surface area contributed by atoms with E-state index in [2.05, 4.69) is 4.90 Å². The van der Waals surface area contributed by atoms with Gasteiger partial charge in [-0.25, -0.2) is 0 Å². The summed E-state index contributed by atoms with van der Waals surface area (Å²) in [5.74, 6) is 0.117. The van der Waals surface area contributed by atoms with Gasteiger partial charge in [0, 0.05) is 44.7 Å². The fourth-order valence-electron chi connectivity index (χ4n) is 2.49. The molecule has 1 aliphatic rings. The Kier molecular flexibility index (Phi) is 6.64. The van der Waals surface area contributed by atoms with Crippen LogP contribution in [0, 0.1) is 0 Å². The number of aliphatic hydroxyl groups is 1. The lowest BCUT2D eigenvalue weighted by Gasteiger charge is -2.35. The average molecular weight is 327 g/mol. The first-order valence-corrected chi connectivity index (χ1v) is 7.90. The third-order valence-corrected chi connectivity index (χ3v) is 4.03. The molecule has 2 rings (SSSR count). The Bertz CT molecular complexity index is 473. The molecule has 0 aliphatic carbocycles. The number of β-amino-alcohol motifs (C(OH)–C–C–N with tert-alkyl or cyclic N) is 1. The summed E-state index contributed by atoms with van der Waals surface area (Å²) in [6, 6.07) is 7.47. The van der Waals surface area contributed by atoms with E-state index in [1.807, 2.05) is 29.2 Å². The number of halogens is 1. The highest BCUT2D eigenvalue weighted by molar-refractivity contribution is 6.30. The van der Waals surface area contributed by atoms with Crippen LogP contribution >= 0.6 is 11.6 Å². The standard InChI is InChI=1S/C16H23ClN2O3/c1-13(20)19-8-6-18(7-9-19)10-16(21)12-22-11-14-2-4-15(17)5-3-14/h2-5,16,21H,6-12H2,1H3. The second-order valence-electron chi connectivity index (χ2n) is 5.60. The van der Waals surface area contributed by atoms with Gasteiger partial charge in [-0.2, -0.15) is 0 Å². The van der Waals surface area contributed by atoms with Gasteiger partial charge in [-0.15, -0.1) is 0 Å². The molecule has 1 saturated heterocycles. The number of amides is 1. The van der Waals surface area contributed by atoms with Crippen molar-refractivity contribution >= 4 is 17.5 Å². The Morgan fingerprint density at radius 3 is 2.50 bits per heavy atom. The van der Waals surface area contributed by atoms with Gasteiger partial charge in [0.1, 0.15) is 0 Å². The van der Waals surface area contributed by atoms with E-state index in [1.165, 1.54) is 0 Å². The Labute approximate surface area is 136 Å². The average Bonchev–Trinajstić information content (AvgIpc) is 2.50. The predicted molar refractivity (Wildman–Crippen MR) is 85.8 cm³/mol. The van der Waals surface area contributed by atoms with E-state index < -0.39 is 6.10 Å². The molecule has 1 fully saturated rings. The predicted octanol–water partition coefficient (Wildman–Crippen LogP) is 1.38. The maximum absolute atomic E-state index is 11.3. The van der Waals surface area contributed by atoms with Crippen molar-refractivity contribution < 1.29 is 14.6 Å². The van der Waals surface area contributed by atoms with E-state index in [0.717, 1.165) is 31.7 Å². The summed E-state index contributed by atoms with van der Waals surface area (Å²) in [5.41, 5.74) is 1.03. The molecule has 1 unspecified atom stereocenters. The molecule has 22 heavy (non-hydrogen) atoms. The fraction of sp³-hybridized carbons (Fsp3) is 0.562. The molecule has 122 valence electrons. The largest absolute Gasteiger partial charge is 0.389 e. The summed E-state index contributed by atoms with van der Waals surface area (Å²) >= 11 is 5.82. The first kappa shape index (κ1) is 17.2. The molecule has 1 aromatic carbocycles. The van der Waals surface area contributed by atoms with E-state index in [9.17, 15) is 9.90 Å². The molecule has 1 amide bonds. The SMILES string of the molecule is CC(=O)N1CCN(CC(O)COCc2ccc(Cl)cc2)CC1. The second kappa shape index (κ2) is 8.48. The van der Waals surface area contributed by atoms with Crippen molar-refractivity contribution in [2.24, 2.45) is 0 Å². The minimum atomic E-state index is -0.517. The van der Waals surface area contributed by atoms with Crippen LogP contribution in [0.3, 0.4) is 0 Å². The molecular formula is C16H23ClN2O3. The van der Waals surface area contributed by atoms with E-state index in [-0.39, 0.29) is 5.91 Å². The quantitative estimate of drug-likeness (QED) is 0.858. The topological polar surface area (TPSA) is 53.0 Å². The lowest BCUT2D eigenvalue weighted by Crippen LogP contribution is -2.50. The summed E-state index contributed by atoms with van der Waals surface area (Å²) in [7, 11) is 0. The van der Waals surface area contributed by atoms with Crippen LogP contribution in [0.15, 0.2) is 24.3 Å². The maximum atomic E-state index is 11.3. The molecule has 0 bridgehead atoms. The highest BCUT2D eigenvalue weighted by Crippen LogP contribution is 2.10. The molecule has 0 radical (unpaired) electrons. The van der Waals surface area contributed by atoms with Crippen LogP contribution in [-0.2, 0) is 16.1 Å². The third kappa shape index (κ3) is 5.57. The molecule has 0 spiro atoms. The minimum absolute atomic E-state index is 0.117. The fourth-order valence-corrected chi connectivity index (χ4v) is 2.62. The van der Waals surface area contributed by atoms with E-state index in [0.29, 0.717) is 24.8 Å². The lowest BCUT2D eigenvalue weighted by atomic mass is 10.2. The lowest BCUT2D eigenvalue weighted by molar-refractivity contribution is -0.130. The van der Waals surface area contributed by atoms with Crippen LogP contribution in [-0.4, -0.2) is 66.2 Å². The number of carbonyl (C=O) groups is 1. The smallest absolute Gasteiger partial charge is 0.219 e. The molecule has 1 aliphatic heterocycles. The van der Waals surface area contributed by atoms with Crippen molar-refractivity contribution in [2.45, 2.75) is 19.6 Å². The zero-order valence-corrected chi connectivity index (χ0v) is 13.6. The van der Waals surface area contributed by atoms with Gasteiger partial charge >= 0.3 is 0 Å². The van der Waals surface area contributed by atoms with Crippen molar-refractivity contribution in [3.8, 4) is 0 Å². The monoisotopic (exact) mass is 326 g/mol. The van der Waals surface area contributed by atoms with Gasteiger partial charge in [0.25, 0.3) is 0 Å². The molecule has 5 nitrogen and oxygen atoms in total. The van der Waals surface area contributed by atoms with Crippen molar-refractivity contribution in [2.75, 3.05) is 39.3 Å². The summed E-state index contributed by atoms with van der Waals surface area (Å²) < 4.78 is 5.54. The van der Waals surface area contributed by atoms with Gasteiger partial charge in [0.05, 0.1) is 19.3 Å². The number of hydrogen-bond acceptors (Lipinski definition) is 4. The van der Waals surface area contributed by atoms with E-state index in [4.69, 9.17) is 16.3 Å². The number of nitrogens with zero attached hydrogens (tertiary/aromatic N) is 2. The van der Waals surface area contributed by atoms with Crippen molar-refractivity contribution in [3.63, 3.8) is 0 Å². The normalized spacial score (nSPS) is 17.5. The number of ether oxygens (including phenoxy) is 1. The Morgan fingerprint density at radius 1 is 1.27 bits per heavy atom. The number of benzene rings is 1. The first-order chi connectivity index (χ1) is 10.5. The number of carbonyl (C=O) groups excluding carboxylic acids is 1. The van der Waals surface area contributed by atoms with Gasteiger partial charge < -0.3 is 14.7 Å². The van der Waals surface area contributed by atoms with Crippen molar-refractivity contribution in [3.05, 3.63) is 34.9 Å². The first-order valence-electron chi connectivity index (χ1n) is 7.52. The summed E-state index contributed by atoms with van der Waals surface area (Å²) in [6.45, 7) is 5.99. The molecule has 1 atom stereocenters. The molecule has 1 N–H and O–H groups in total. The number of hydrogen-bond donors (Lipinski definition) is 1. The van der Waals surface area contributed by atoms with E-state index in [1.54, 1.807) is 6.92 Å². The minimum Gasteiger partial charge on any atom is -0.389 e. The Hall–Kier alpha value is -1.14. The molecule has 1 heterocycles. The van der Waals surface area contributed by atoms with Gasteiger partial charge in [0.15, 0.2) is 0 Å². The van der Waals surface area contributed by atoms with Crippen LogP contribution in [0.4, 0.5) is 0 Å². The zero-order chi connectivity index (χ0) is 15.9. The van der Waals surface area contributed by atoms with Gasteiger partial charge in [0.2, 0.25) is 5.91 Å².